The summed E-state index contributed by atoms with van der Waals surface area (Å²) >= 11 is 0. The number of methoxy groups -OCH3 is 3. The molecule has 0 aliphatic rings. The SMILES string of the molecule is COc1cc(/C=C/c2cccc(NC(=O)/C=C/c3ccc(F)c(F)c3)c2)cc(OC)c1OC. The van der Waals surface area contributed by atoms with E-state index >= 15 is 0 Å². The normalized spacial score (nSPS) is 11.1. The van der Waals surface area contributed by atoms with Crippen molar-refractivity contribution in [2.24, 2.45) is 0 Å². The summed E-state index contributed by atoms with van der Waals surface area (Å²) in [4.78, 5) is 12.2. The van der Waals surface area contributed by atoms with E-state index < -0.39 is 17.5 Å². The fourth-order valence-corrected chi connectivity index (χ4v) is 3.08. The number of nitrogens with one attached hydrogen (secondary N) is 1. The summed E-state index contributed by atoms with van der Waals surface area (Å²) in [5.74, 6) is -0.698. The first-order chi connectivity index (χ1) is 15.9. The zero-order valence-corrected chi connectivity index (χ0v) is 18.4. The topological polar surface area (TPSA) is 56.8 Å². The van der Waals surface area contributed by atoms with Crippen molar-refractivity contribution in [1.29, 1.82) is 0 Å². The maximum atomic E-state index is 13.3. The third-order valence-electron chi connectivity index (χ3n) is 4.68. The van der Waals surface area contributed by atoms with E-state index in [1.807, 2.05) is 36.4 Å². The van der Waals surface area contributed by atoms with E-state index in [4.69, 9.17) is 14.2 Å². The molecule has 5 nitrogen and oxygen atoms in total. The first-order valence-corrected chi connectivity index (χ1v) is 9.95. The molecule has 0 atom stereocenters. The fraction of sp³-hybridized carbons (Fsp3) is 0.115. The number of rotatable bonds is 8. The lowest BCUT2D eigenvalue weighted by molar-refractivity contribution is -0.111. The molecular weight excluding hydrogens is 428 g/mol. The molecule has 0 aliphatic carbocycles. The Morgan fingerprint density at radius 1 is 0.758 bits per heavy atom. The highest BCUT2D eigenvalue weighted by atomic mass is 19.2. The highest BCUT2D eigenvalue weighted by Crippen LogP contribution is 2.38. The highest BCUT2D eigenvalue weighted by molar-refractivity contribution is 6.02. The maximum absolute atomic E-state index is 13.3. The Kier molecular flexibility index (Phi) is 7.81. The van der Waals surface area contributed by atoms with Gasteiger partial charge in [0.05, 0.1) is 21.3 Å². The van der Waals surface area contributed by atoms with Crippen LogP contribution in [0, 0.1) is 11.6 Å². The summed E-state index contributed by atoms with van der Waals surface area (Å²) in [6.45, 7) is 0. The molecule has 0 bridgehead atoms. The standard InChI is InChI=1S/C26H23F2NO4/c1-31-23-15-19(16-24(32-2)26(23)33-3)8-7-17-5-4-6-20(13-17)29-25(30)12-10-18-9-11-21(27)22(28)14-18/h4-16H,1-3H3,(H,29,30)/b8-7+,12-10+. The van der Waals surface area contributed by atoms with Crippen LogP contribution in [0.25, 0.3) is 18.2 Å². The smallest absolute Gasteiger partial charge is 0.248 e. The summed E-state index contributed by atoms with van der Waals surface area (Å²) < 4.78 is 42.4. The van der Waals surface area contributed by atoms with Gasteiger partial charge < -0.3 is 19.5 Å². The molecule has 0 fully saturated rings. The lowest BCUT2D eigenvalue weighted by Gasteiger charge is -2.12. The van der Waals surface area contributed by atoms with Gasteiger partial charge in [0.1, 0.15) is 0 Å². The number of hydrogen-bond acceptors (Lipinski definition) is 4. The van der Waals surface area contributed by atoms with Gasteiger partial charge in [-0.2, -0.15) is 0 Å². The van der Waals surface area contributed by atoms with Gasteiger partial charge in [-0.05, 0) is 59.2 Å². The molecule has 0 unspecified atom stereocenters. The van der Waals surface area contributed by atoms with Crippen LogP contribution in [0.5, 0.6) is 17.2 Å². The Morgan fingerprint density at radius 2 is 1.42 bits per heavy atom. The quantitative estimate of drug-likeness (QED) is 0.347. The van der Waals surface area contributed by atoms with Crippen LogP contribution in [0.2, 0.25) is 0 Å². The Balaban J connectivity index is 1.72. The molecule has 3 aromatic rings. The van der Waals surface area contributed by atoms with Crippen LogP contribution >= 0.6 is 0 Å². The van der Waals surface area contributed by atoms with Crippen LogP contribution in [-0.2, 0) is 4.79 Å². The Hall–Kier alpha value is -4.13. The first kappa shape index (κ1) is 23.5. The van der Waals surface area contributed by atoms with Gasteiger partial charge in [-0.15, -0.1) is 0 Å². The molecule has 1 N–H and O–H groups in total. The molecule has 0 radical (unpaired) electrons. The van der Waals surface area contributed by atoms with Crippen molar-refractivity contribution in [2.75, 3.05) is 26.6 Å². The second kappa shape index (κ2) is 10.9. The van der Waals surface area contributed by atoms with E-state index in [1.54, 1.807) is 33.5 Å². The van der Waals surface area contributed by atoms with E-state index in [2.05, 4.69) is 5.32 Å². The van der Waals surface area contributed by atoms with Gasteiger partial charge in [0, 0.05) is 11.8 Å². The van der Waals surface area contributed by atoms with E-state index in [0.29, 0.717) is 28.5 Å². The van der Waals surface area contributed by atoms with E-state index in [-0.39, 0.29) is 0 Å². The number of hydrogen-bond donors (Lipinski definition) is 1. The minimum atomic E-state index is -0.968. The zero-order valence-electron chi connectivity index (χ0n) is 18.4. The number of anilines is 1. The Bertz CT molecular complexity index is 1180. The van der Waals surface area contributed by atoms with Crippen molar-refractivity contribution in [1.82, 2.24) is 0 Å². The third kappa shape index (κ3) is 6.20. The second-order valence-corrected chi connectivity index (χ2v) is 6.91. The molecule has 1 amide bonds. The maximum Gasteiger partial charge on any atom is 0.248 e. The molecule has 0 saturated heterocycles. The fourth-order valence-electron chi connectivity index (χ4n) is 3.08. The minimum absolute atomic E-state index is 0.381. The second-order valence-electron chi connectivity index (χ2n) is 6.91. The van der Waals surface area contributed by atoms with Gasteiger partial charge in [-0.3, -0.25) is 4.79 Å². The molecule has 0 aromatic heterocycles. The van der Waals surface area contributed by atoms with Crippen LogP contribution in [-0.4, -0.2) is 27.2 Å². The summed E-state index contributed by atoms with van der Waals surface area (Å²) in [6, 6.07) is 14.3. The van der Waals surface area contributed by atoms with Gasteiger partial charge >= 0.3 is 0 Å². The Morgan fingerprint density at radius 3 is 2.06 bits per heavy atom. The van der Waals surface area contributed by atoms with Crippen LogP contribution in [0.4, 0.5) is 14.5 Å². The molecular formula is C26H23F2NO4. The number of halogens is 2. The summed E-state index contributed by atoms with van der Waals surface area (Å²) in [5.41, 5.74) is 2.66. The molecule has 0 heterocycles. The number of amides is 1. The molecule has 7 heteroatoms. The summed E-state index contributed by atoms with van der Waals surface area (Å²) in [5, 5.41) is 2.74. The zero-order chi connectivity index (χ0) is 23.8. The third-order valence-corrected chi connectivity index (χ3v) is 4.68. The molecule has 3 aromatic carbocycles. The lowest BCUT2D eigenvalue weighted by Crippen LogP contribution is -2.07. The number of ether oxygens (including phenoxy) is 3. The van der Waals surface area contributed by atoms with Crippen molar-refractivity contribution in [3.8, 4) is 17.2 Å². The van der Waals surface area contributed by atoms with E-state index in [1.165, 1.54) is 18.2 Å². The van der Waals surface area contributed by atoms with Crippen LogP contribution in [0.15, 0.2) is 60.7 Å². The lowest BCUT2D eigenvalue weighted by atomic mass is 10.1. The van der Waals surface area contributed by atoms with Crippen molar-refractivity contribution in [2.45, 2.75) is 0 Å². The van der Waals surface area contributed by atoms with E-state index in [9.17, 15) is 13.6 Å². The number of benzene rings is 3. The van der Waals surface area contributed by atoms with Gasteiger partial charge in [-0.1, -0.05) is 30.4 Å². The predicted molar refractivity (Wildman–Crippen MR) is 125 cm³/mol. The first-order valence-electron chi connectivity index (χ1n) is 9.95. The molecule has 0 aliphatic heterocycles. The summed E-state index contributed by atoms with van der Waals surface area (Å²) in [6.07, 6.45) is 6.43. The number of carbonyl (C=O) groups is 1. The van der Waals surface area contributed by atoms with Crippen molar-refractivity contribution in [3.63, 3.8) is 0 Å². The highest BCUT2D eigenvalue weighted by Gasteiger charge is 2.12. The minimum Gasteiger partial charge on any atom is -0.493 e. The Labute approximate surface area is 190 Å². The van der Waals surface area contributed by atoms with Crippen LogP contribution < -0.4 is 19.5 Å². The molecule has 33 heavy (non-hydrogen) atoms. The molecule has 0 spiro atoms. The largest absolute Gasteiger partial charge is 0.493 e. The van der Waals surface area contributed by atoms with Crippen molar-refractivity contribution >= 4 is 29.8 Å². The van der Waals surface area contributed by atoms with Crippen LogP contribution in [0.3, 0.4) is 0 Å². The monoisotopic (exact) mass is 451 g/mol. The van der Waals surface area contributed by atoms with Crippen molar-refractivity contribution in [3.05, 3.63) is 89.0 Å². The van der Waals surface area contributed by atoms with Gasteiger partial charge in [0.15, 0.2) is 23.1 Å². The average molecular weight is 451 g/mol. The predicted octanol–water partition coefficient (Wildman–Crippen LogP) is 5.81. The average Bonchev–Trinajstić information content (AvgIpc) is 2.83. The van der Waals surface area contributed by atoms with E-state index in [0.717, 1.165) is 23.3 Å². The van der Waals surface area contributed by atoms with Gasteiger partial charge in [0.2, 0.25) is 11.7 Å². The van der Waals surface area contributed by atoms with Crippen molar-refractivity contribution < 1.29 is 27.8 Å². The number of carbonyl (C=O) groups excluding carboxylic acids is 1. The van der Waals surface area contributed by atoms with Gasteiger partial charge in [0.25, 0.3) is 0 Å². The summed E-state index contributed by atoms with van der Waals surface area (Å²) in [7, 11) is 4.65. The molecule has 3 rings (SSSR count). The van der Waals surface area contributed by atoms with Crippen LogP contribution in [0.1, 0.15) is 16.7 Å². The molecule has 170 valence electrons. The van der Waals surface area contributed by atoms with Gasteiger partial charge in [-0.25, -0.2) is 8.78 Å². The molecule has 0 saturated carbocycles.